The number of amides is 1. The lowest BCUT2D eigenvalue weighted by molar-refractivity contribution is 0.102. The van der Waals surface area contributed by atoms with Crippen LogP contribution in [0.15, 0.2) is 48.9 Å². The Kier molecular flexibility index (Phi) is 8.66. The largest absolute Gasteiger partial charge is 0.495 e. The summed E-state index contributed by atoms with van der Waals surface area (Å²) in [6.45, 7) is 8.26. The van der Waals surface area contributed by atoms with E-state index in [0.29, 0.717) is 55.0 Å². The van der Waals surface area contributed by atoms with Gasteiger partial charge in [0.15, 0.2) is 0 Å². The summed E-state index contributed by atoms with van der Waals surface area (Å²) < 4.78 is 10.8. The first kappa shape index (κ1) is 28.0. The number of fused-ring (bicyclic) bond motifs is 1. The first-order chi connectivity index (χ1) is 19.4. The van der Waals surface area contributed by atoms with Crippen molar-refractivity contribution in [2.75, 3.05) is 52.3 Å². The summed E-state index contributed by atoms with van der Waals surface area (Å²) in [6, 6.07) is 8.86. The normalized spacial score (nSPS) is 14.3. The van der Waals surface area contributed by atoms with Crippen LogP contribution < -0.4 is 14.8 Å². The van der Waals surface area contributed by atoms with Crippen LogP contribution in [0.4, 0.5) is 5.69 Å². The Balaban J connectivity index is 1.39. The second kappa shape index (κ2) is 12.3. The molecule has 0 spiro atoms. The molecule has 2 aromatic carbocycles. The summed E-state index contributed by atoms with van der Waals surface area (Å²) >= 11 is 13.3. The molecular formula is C29H30Cl2N6O3. The van der Waals surface area contributed by atoms with Crippen LogP contribution in [-0.4, -0.2) is 77.6 Å². The average Bonchev–Trinajstić information content (AvgIpc) is 2.98. The van der Waals surface area contributed by atoms with Gasteiger partial charge in [0.05, 0.1) is 52.9 Å². The number of ether oxygens (including phenoxy) is 2. The number of carbonyl (C=O) groups is 1. The minimum absolute atomic E-state index is 0.302. The van der Waals surface area contributed by atoms with E-state index < -0.39 is 0 Å². The Morgan fingerprint density at radius 2 is 1.55 bits per heavy atom. The van der Waals surface area contributed by atoms with Crippen molar-refractivity contribution in [3.8, 4) is 22.6 Å². The third-order valence-electron chi connectivity index (χ3n) is 7.09. The van der Waals surface area contributed by atoms with Gasteiger partial charge in [-0.1, -0.05) is 36.2 Å². The van der Waals surface area contributed by atoms with Crippen molar-refractivity contribution in [3.63, 3.8) is 0 Å². The van der Waals surface area contributed by atoms with Crippen molar-refractivity contribution in [1.82, 2.24) is 24.8 Å². The van der Waals surface area contributed by atoms with Gasteiger partial charge in [0.1, 0.15) is 17.0 Å². The third-order valence-corrected chi connectivity index (χ3v) is 7.84. The van der Waals surface area contributed by atoms with Gasteiger partial charge in [-0.2, -0.15) is 0 Å². The van der Waals surface area contributed by atoms with Crippen molar-refractivity contribution in [1.29, 1.82) is 0 Å². The number of anilines is 1. The minimum Gasteiger partial charge on any atom is -0.495 e. The van der Waals surface area contributed by atoms with Gasteiger partial charge < -0.3 is 19.7 Å². The predicted molar refractivity (Wildman–Crippen MR) is 158 cm³/mol. The van der Waals surface area contributed by atoms with E-state index in [1.165, 1.54) is 20.4 Å². The fraction of sp³-hybridized carbons (Fsp3) is 0.310. The molecule has 1 saturated heterocycles. The van der Waals surface area contributed by atoms with Crippen LogP contribution in [0.5, 0.6) is 11.5 Å². The second-order valence-corrected chi connectivity index (χ2v) is 10.2. The number of nitrogens with zero attached hydrogens (tertiary/aromatic N) is 5. The Morgan fingerprint density at radius 3 is 2.15 bits per heavy atom. The molecule has 0 bridgehead atoms. The van der Waals surface area contributed by atoms with Crippen LogP contribution in [0.2, 0.25) is 10.0 Å². The number of likely N-dealkylation sites (N-methyl/N-ethyl adjacent to an activating group) is 1. The molecule has 1 aliphatic heterocycles. The molecule has 208 valence electrons. The number of piperazine rings is 1. The fourth-order valence-corrected chi connectivity index (χ4v) is 5.55. The molecule has 0 atom stereocenters. The second-order valence-electron chi connectivity index (χ2n) is 9.40. The summed E-state index contributed by atoms with van der Waals surface area (Å²) in [4.78, 5) is 31.8. The Labute approximate surface area is 243 Å². The number of aromatic nitrogens is 3. The molecule has 0 unspecified atom stereocenters. The lowest BCUT2D eigenvalue weighted by Gasteiger charge is -2.33. The van der Waals surface area contributed by atoms with Gasteiger partial charge in [-0.25, -0.2) is 0 Å². The molecule has 11 heteroatoms. The van der Waals surface area contributed by atoms with Crippen LogP contribution in [0, 0.1) is 0 Å². The van der Waals surface area contributed by atoms with Gasteiger partial charge >= 0.3 is 0 Å². The molecule has 4 aromatic rings. The molecule has 2 aromatic heterocycles. The maximum atomic E-state index is 13.4. The van der Waals surface area contributed by atoms with E-state index in [-0.39, 0.29) is 5.91 Å². The van der Waals surface area contributed by atoms with Crippen molar-refractivity contribution in [3.05, 3.63) is 70.2 Å². The van der Waals surface area contributed by atoms with Gasteiger partial charge in [-0.3, -0.25) is 24.6 Å². The van der Waals surface area contributed by atoms with E-state index in [2.05, 4.69) is 37.0 Å². The molecule has 0 aliphatic carbocycles. The Bertz CT molecular complexity index is 1500. The lowest BCUT2D eigenvalue weighted by Crippen LogP contribution is -2.45. The molecule has 1 N–H and O–H groups in total. The van der Waals surface area contributed by atoms with Crippen LogP contribution in [0.1, 0.15) is 23.0 Å². The maximum absolute atomic E-state index is 13.4. The van der Waals surface area contributed by atoms with Gasteiger partial charge in [0, 0.05) is 62.3 Å². The molecule has 1 fully saturated rings. The van der Waals surface area contributed by atoms with Crippen LogP contribution in [0.3, 0.4) is 0 Å². The summed E-state index contributed by atoms with van der Waals surface area (Å²) in [5.41, 5.74) is 3.85. The molecule has 1 amide bonds. The highest BCUT2D eigenvalue weighted by atomic mass is 35.5. The molecule has 5 rings (SSSR count). The van der Waals surface area contributed by atoms with E-state index >= 15 is 0 Å². The van der Waals surface area contributed by atoms with Gasteiger partial charge in [0.25, 0.3) is 5.91 Å². The Hall–Kier alpha value is -3.50. The molecule has 1 aliphatic rings. The van der Waals surface area contributed by atoms with Gasteiger partial charge in [-0.15, -0.1) is 0 Å². The van der Waals surface area contributed by atoms with E-state index in [4.69, 9.17) is 32.7 Å². The average molecular weight is 582 g/mol. The van der Waals surface area contributed by atoms with Crippen molar-refractivity contribution >= 4 is 45.8 Å². The van der Waals surface area contributed by atoms with Crippen molar-refractivity contribution in [2.45, 2.75) is 13.5 Å². The van der Waals surface area contributed by atoms with Crippen molar-refractivity contribution in [2.24, 2.45) is 0 Å². The topological polar surface area (TPSA) is 92.7 Å². The highest BCUT2D eigenvalue weighted by Gasteiger charge is 2.23. The first-order valence-electron chi connectivity index (χ1n) is 13.0. The summed E-state index contributed by atoms with van der Waals surface area (Å²) in [6.07, 6.45) is 4.77. The number of hydrogen-bond donors (Lipinski definition) is 1. The lowest BCUT2D eigenvalue weighted by atomic mass is 9.99. The van der Waals surface area contributed by atoms with Crippen molar-refractivity contribution < 1.29 is 14.3 Å². The zero-order valence-electron chi connectivity index (χ0n) is 22.6. The number of benzene rings is 2. The highest BCUT2D eigenvalue weighted by molar-refractivity contribution is 6.41. The SMILES string of the molecule is CCN1CCN(Cc2ccc(NC(=O)c3ccc(-c4c(Cl)c(OC)cc(OC)c4Cl)c4nccnc34)cn2)CC1. The Morgan fingerprint density at radius 1 is 0.900 bits per heavy atom. The van der Waals surface area contributed by atoms with E-state index in [1.807, 2.05) is 12.1 Å². The minimum atomic E-state index is -0.331. The van der Waals surface area contributed by atoms with E-state index in [1.54, 1.807) is 30.6 Å². The number of rotatable bonds is 8. The quantitative estimate of drug-likeness (QED) is 0.296. The number of nitrogens with one attached hydrogen (secondary N) is 1. The molecular weight excluding hydrogens is 551 g/mol. The zero-order chi connectivity index (χ0) is 28.2. The fourth-order valence-electron chi connectivity index (χ4n) is 4.85. The predicted octanol–water partition coefficient (Wildman–Crippen LogP) is 5.41. The standard InChI is InChI=1S/C29H30Cl2N6O3/c1-4-36-11-13-37(14-12-36)17-19-6-5-18(16-34-19)35-29(38)21-8-7-20(27-28(21)33-10-9-32-27)24-25(30)22(39-2)15-23(40-3)26(24)31/h5-10,15-16H,4,11-14,17H2,1-3H3,(H,35,38). The van der Waals surface area contributed by atoms with E-state index in [9.17, 15) is 4.79 Å². The number of halogens is 2. The van der Waals surface area contributed by atoms with Crippen LogP contribution >= 0.6 is 23.2 Å². The number of pyridine rings is 1. The van der Waals surface area contributed by atoms with Gasteiger partial charge in [-0.05, 0) is 24.7 Å². The van der Waals surface area contributed by atoms with Crippen LogP contribution in [0.25, 0.3) is 22.2 Å². The van der Waals surface area contributed by atoms with E-state index in [0.717, 1.165) is 45.0 Å². The number of hydrogen-bond acceptors (Lipinski definition) is 8. The molecule has 40 heavy (non-hydrogen) atoms. The monoisotopic (exact) mass is 580 g/mol. The van der Waals surface area contributed by atoms with Crippen LogP contribution in [-0.2, 0) is 6.54 Å². The zero-order valence-corrected chi connectivity index (χ0v) is 24.1. The van der Waals surface area contributed by atoms with Gasteiger partial charge in [0.2, 0.25) is 0 Å². The first-order valence-corrected chi connectivity index (χ1v) is 13.7. The molecule has 0 saturated carbocycles. The smallest absolute Gasteiger partial charge is 0.257 e. The highest BCUT2D eigenvalue weighted by Crippen LogP contribution is 2.47. The molecule has 3 heterocycles. The molecule has 0 radical (unpaired) electrons. The summed E-state index contributed by atoms with van der Waals surface area (Å²) in [5.74, 6) is 0.467. The molecule has 9 nitrogen and oxygen atoms in total. The number of carbonyl (C=O) groups excluding carboxylic acids is 1. The maximum Gasteiger partial charge on any atom is 0.257 e. The number of methoxy groups -OCH3 is 2. The third kappa shape index (κ3) is 5.69. The summed E-state index contributed by atoms with van der Waals surface area (Å²) in [5, 5.41) is 3.53. The summed E-state index contributed by atoms with van der Waals surface area (Å²) in [7, 11) is 3.03.